The van der Waals surface area contributed by atoms with E-state index >= 15 is 0 Å². The largest absolute Gasteiger partial charge is 0.493 e. The fourth-order valence-electron chi connectivity index (χ4n) is 2.49. The smallest absolute Gasteiger partial charge is 0.127 e. The molecule has 19 heavy (non-hydrogen) atoms. The van der Waals surface area contributed by atoms with Gasteiger partial charge in [-0.15, -0.1) is 11.3 Å². The van der Waals surface area contributed by atoms with Crippen molar-refractivity contribution in [2.24, 2.45) is 0 Å². The van der Waals surface area contributed by atoms with E-state index in [1.54, 1.807) is 0 Å². The van der Waals surface area contributed by atoms with Crippen LogP contribution in [0.3, 0.4) is 0 Å². The fraction of sp³-hybridized carbons (Fsp3) is 0.333. The van der Waals surface area contributed by atoms with Gasteiger partial charge < -0.3 is 4.74 Å². The Morgan fingerprint density at radius 2 is 2.26 bits per heavy atom. The van der Waals surface area contributed by atoms with Gasteiger partial charge in [-0.1, -0.05) is 38.8 Å². The van der Waals surface area contributed by atoms with Gasteiger partial charge in [0.1, 0.15) is 5.75 Å². The first-order valence-electron chi connectivity index (χ1n) is 6.36. The quantitative estimate of drug-likeness (QED) is 0.617. The van der Waals surface area contributed by atoms with Gasteiger partial charge in [0, 0.05) is 21.3 Å². The highest BCUT2D eigenvalue weighted by molar-refractivity contribution is 9.10. The molecule has 1 nitrogen and oxygen atoms in total. The second-order valence-corrected chi connectivity index (χ2v) is 7.39. The van der Waals surface area contributed by atoms with Crippen LogP contribution in [-0.2, 0) is 12.8 Å². The first kappa shape index (κ1) is 13.7. The summed E-state index contributed by atoms with van der Waals surface area (Å²) in [6.07, 6.45) is 2.07. The van der Waals surface area contributed by atoms with Crippen molar-refractivity contribution in [1.82, 2.24) is 0 Å². The number of hydrogen-bond acceptors (Lipinski definition) is 2. The third-order valence-corrected chi connectivity index (χ3v) is 6.18. The van der Waals surface area contributed by atoms with Crippen LogP contribution in [0, 0.1) is 0 Å². The zero-order chi connectivity index (χ0) is 13.4. The number of rotatable bonds is 3. The molecule has 0 fully saturated rings. The van der Waals surface area contributed by atoms with E-state index in [4.69, 9.17) is 4.74 Å². The lowest BCUT2D eigenvalue weighted by molar-refractivity contribution is 0.354. The van der Waals surface area contributed by atoms with Crippen LogP contribution < -0.4 is 4.74 Å². The second-order valence-electron chi connectivity index (χ2n) is 4.61. The van der Waals surface area contributed by atoms with Gasteiger partial charge in [-0.25, -0.2) is 0 Å². The van der Waals surface area contributed by atoms with Crippen molar-refractivity contribution in [3.8, 4) is 5.75 Å². The van der Waals surface area contributed by atoms with Crippen molar-refractivity contribution < 1.29 is 4.74 Å². The molecular formula is C15H14Br2OS. The Labute approximate surface area is 134 Å². The van der Waals surface area contributed by atoms with Crippen LogP contribution in [0.2, 0.25) is 0 Å². The molecule has 3 rings (SSSR count). The summed E-state index contributed by atoms with van der Waals surface area (Å²) in [5.74, 6) is 1.07. The molecule has 2 heterocycles. The molecule has 0 aliphatic carbocycles. The predicted molar refractivity (Wildman–Crippen MR) is 87.8 cm³/mol. The van der Waals surface area contributed by atoms with E-state index in [0.717, 1.165) is 29.7 Å². The van der Waals surface area contributed by atoms with Crippen LogP contribution in [0.15, 0.2) is 28.1 Å². The maximum Gasteiger partial charge on any atom is 0.127 e. The van der Waals surface area contributed by atoms with Crippen LogP contribution in [0.4, 0.5) is 0 Å². The van der Waals surface area contributed by atoms with E-state index in [9.17, 15) is 0 Å². The lowest BCUT2D eigenvalue weighted by Gasteiger charge is -2.15. The normalized spacial score (nSPS) is 15.1. The Morgan fingerprint density at radius 3 is 3.05 bits per heavy atom. The average molecular weight is 402 g/mol. The van der Waals surface area contributed by atoms with Crippen LogP contribution >= 0.6 is 43.2 Å². The topological polar surface area (TPSA) is 9.23 Å². The van der Waals surface area contributed by atoms with Gasteiger partial charge in [-0.3, -0.25) is 0 Å². The van der Waals surface area contributed by atoms with Crippen LogP contribution in [0.1, 0.15) is 33.3 Å². The first-order valence-corrected chi connectivity index (χ1v) is 8.95. The van der Waals surface area contributed by atoms with Gasteiger partial charge in [0.15, 0.2) is 0 Å². The number of thiophene rings is 1. The molecule has 4 heteroatoms. The number of ether oxygens (including phenoxy) is 1. The Bertz CT molecular complexity index is 606. The minimum absolute atomic E-state index is 0.215. The monoisotopic (exact) mass is 400 g/mol. The summed E-state index contributed by atoms with van der Waals surface area (Å²) < 4.78 is 6.96. The van der Waals surface area contributed by atoms with Gasteiger partial charge in [0.2, 0.25) is 0 Å². The molecule has 0 N–H and O–H groups in total. The third-order valence-electron chi connectivity index (χ3n) is 3.44. The summed E-state index contributed by atoms with van der Waals surface area (Å²) in [6, 6.07) is 6.55. The summed E-state index contributed by atoms with van der Waals surface area (Å²) in [5, 5.41) is 2.17. The van der Waals surface area contributed by atoms with Crippen molar-refractivity contribution in [1.29, 1.82) is 0 Å². The second kappa shape index (κ2) is 5.58. The van der Waals surface area contributed by atoms with Crippen molar-refractivity contribution in [3.63, 3.8) is 0 Å². The first-order chi connectivity index (χ1) is 9.20. The molecule has 1 atom stereocenters. The van der Waals surface area contributed by atoms with E-state index in [1.807, 2.05) is 11.3 Å². The van der Waals surface area contributed by atoms with Crippen LogP contribution in [0.5, 0.6) is 5.75 Å². The van der Waals surface area contributed by atoms with E-state index in [1.165, 1.54) is 21.6 Å². The molecule has 0 amide bonds. The fourth-order valence-corrected chi connectivity index (χ4v) is 4.96. The summed E-state index contributed by atoms with van der Waals surface area (Å²) in [5.41, 5.74) is 3.96. The number of halogens is 2. The van der Waals surface area contributed by atoms with Crippen molar-refractivity contribution >= 4 is 43.2 Å². The highest BCUT2D eigenvalue weighted by Crippen LogP contribution is 2.44. The molecule has 1 aliphatic heterocycles. The molecule has 2 aromatic rings. The minimum Gasteiger partial charge on any atom is -0.493 e. The molecule has 0 saturated carbocycles. The number of aryl methyl sites for hydroxylation is 1. The number of fused-ring (bicyclic) bond motifs is 1. The van der Waals surface area contributed by atoms with Crippen molar-refractivity contribution in [3.05, 3.63) is 49.6 Å². The summed E-state index contributed by atoms with van der Waals surface area (Å²) in [6.45, 7) is 3.00. The molecule has 0 spiro atoms. The SMILES string of the molecule is CCc1ccsc1C(Br)c1cc(Br)cc2c1OCC2. The summed E-state index contributed by atoms with van der Waals surface area (Å²) in [7, 11) is 0. The van der Waals surface area contributed by atoms with Gasteiger partial charge >= 0.3 is 0 Å². The van der Waals surface area contributed by atoms with E-state index in [-0.39, 0.29) is 4.83 Å². The average Bonchev–Trinajstić information content (AvgIpc) is 3.04. The molecule has 0 bridgehead atoms. The number of alkyl halides is 1. The minimum atomic E-state index is 0.215. The maximum atomic E-state index is 5.83. The van der Waals surface area contributed by atoms with E-state index < -0.39 is 0 Å². The Morgan fingerprint density at radius 1 is 1.42 bits per heavy atom. The lowest BCUT2D eigenvalue weighted by atomic mass is 10.0. The van der Waals surface area contributed by atoms with E-state index in [0.29, 0.717) is 0 Å². The lowest BCUT2D eigenvalue weighted by Crippen LogP contribution is -1.97. The molecule has 0 radical (unpaired) electrons. The molecule has 1 unspecified atom stereocenters. The predicted octanol–water partition coefficient (Wildman–Crippen LogP) is 5.49. The highest BCUT2D eigenvalue weighted by Gasteiger charge is 2.24. The maximum absolute atomic E-state index is 5.83. The van der Waals surface area contributed by atoms with Crippen molar-refractivity contribution in [2.75, 3.05) is 6.61 Å². The van der Waals surface area contributed by atoms with Gasteiger partial charge in [-0.05, 0) is 41.1 Å². The Kier molecular flexibility index (Phi) is 4.01. The van der Waals surface area contributed by atoms with Gasteiger partial charge in [-0.2, -0.15) is 0 Å². The molecule has 1 aromatic heterocycles. The molecule has 100 valence electrons. The van der Waals surface area contributed by atoms with Gasteiger partial charge in [0.05, 0.1) is 11.4 Å². The molecular weight excluding hydrogens is 388 g/mol. The highest BCUT2D eigenvalue weighted by atomic mass is 79.9. The van der Waals surface area contributed by atoms with Gasteiger partial charge in [0.25, 0.3) is 0 Å². The van der Waals surface area contributed by atoms with Crippen molar-refractivity contribution in [2.45, 2.75) is 24.6 Å². The zero-order valence-electron chi connectivity index (χ0n) is 10.6. The van der Waals surface area contributed by atoms with Crippen LogP contribution in [0.25, 0.3) is 0 Å². The standard InChI is InChI=1S/C15H14Br2OS/c1-2-9-4-6-19-15(9)13(17)12-8-11(16)7-10-3-5-18-14(10)12/h4,6-8,13H,2-3,5H2,1H3. The molecule has 1 aliphatic rings. The summed E-state index contributed by atoms with van der Waals surface area (Å²) >= 11 is 9.28. The number of benzene rings is 1. The number of hydrogen-bond donors (Lipinski definition) is 0. The molecule has 0 saturated heterocycles. The molecule has 1 aromatic carbocycles. The Hall–Kier alpha value is -0.320. The van der Waals surface area contributed by atoms with E-state index in [2.05, 4.69) is 62.4 Å². The van der Waals surface area contributed by atoms with Crippen LogP contribution in [-0.4, -0.2) is 6.61 Å². The summed E-state index contributed by atoms with van der Waals surface area (Å²) in [4.78, 5) is 1.60. The zero-order valence-corrected chi connectivity index (χ0v) is 14.6. The third kappa shape index (κ3) is 2.50. The Balaban J connectivity index is 2.07.